The van der Waals surface area contributed by atoms with Gasteiger partial charge in [-0.25, -0.2) is 0 Å². The summed E-state index contributed by atoms with van der Waals surface area (Å²) in [6, 6.07) is 3.81. The van der Waals surface area contributed by atoms with Crippen molar-refractivity contribution in [2.24, 2.45) is 5.41 Å². The second-order valence-electron chi connectivity index (χ2n) is 5.74. The summed E-state index contributed by atoms with van der Waals surface area (Å²) in [5.74, 6) is -0.135. The van der Waals surface area contributed by atoms with Crippen LogP contribution in [0.3, 0.4) is 0 Å². The van der Waals surface area contributed by atoms with Crippen molar-refractivity contribution in [1.29, 1.82) is 0 Å². The van der Waals surface area contributed by atoms with Crippen LogP contribution in [0.2, 0.25) is 0 Å². The van der Waals surface area contributed by atoms with Gasteiger partial charge in [0.15, 0.2) is 5.78 Å². The Bertz CT molecular complexity index is 439. The van der Waals surface area contributed by atoms with Gasteiger partial charge in [0.2, 0.25) is 0 Å². The number of hydrogen-bond donors (Lipinski definition) is 1. The normalized spacial score (nSPS) is 13.6. The summed E-state index contributed by atoms with van der Waals surface area (Å²) in [7, 11) is 0. The highest BCUT2D eigenvalue weighted by Crippen LogP contribution is 2.29. The molecule has 0 spiro atoms. The molecule has 2 heteroatoms. The lowest BCUT2D eigenvalue weighted by Gasteiger charge is -2.23. The second kappa shape index (κ2) is 4.61. The van der Waals surface area contributed by atoms with E-state index in [9.17, 15) is 9.90 Å². The first-order valence-corrected chi connectivity index (χ1v) is 5.95. The van der Waals surface area contributed by atoms with Gasteiger partial charge in [0.25, 0.3) is 0 Å². The van der Waals surface area contributed by atoms with E-state index in [2.05, 4.69) is 0 Å². The fourth-order valence-corrected chi connectivity index (χ4v) is 1.82. The number of rotatable bonds is 2. The van der Waals surface area contributed by atoms with Crippen LogP contribution in [0.15, 0.2) is 12.1 Å². The molecular formula is C15H22O2. The molecule has 94 valence electrons. The number of aliphatic hydroxyl groups is 1. The zero-order valence-corrected chi connectivity index (χ0v) is 11.6. The summed E-state index contributed by atoms with van der Waals surface area (Å²) in [5, 5.41) is 10.2. The van der Waals surface area contributed by atoms with Crippen LogP contribution >= 0.6 is 0 Å². The van der Waals surface area contributed by atoms with E-state index in [0.717, 1.165) is 16.7 Å². The van der Waals surface area contributed by atoms with Gasteiger partial charge in [-0.15, -0.1) is 0 Å². The highest BCUT2D eigenvalue weighted by Gasteiger charge is 2.30. The molecular weight excluding hydrogens is 212 g/mol. The van der Waals surface area contributed by atoms with Gasteiger partial charge >= 0.3 is 0 Å². The minimum Gasteiger partial charge on any atom is -0.381 e. The number of hydrogen-bond acceptors (Lipinski definition) is 2. The topological polar surface area (TPSA) is 37.3 Å². The maximum absolute atomic E-state index is 12.1. The number of Topliss-reactive ketones (excluding diaryl/α,β-unsaturated/α-hetero) is 1. The number of aryl methyl sites for hydroxylation is 1. The molecule has 17 heavy (non-hydrogen) atoms. The Morgan fingerprint density at radius 2 is 1.65 bits per heavy atom. The van der Waals surface area contributed by atoms with Crippen molar-refractivity contribution in [2.45, 2.75) is 47.6 Å². The van der Waals surface area contributed by atoms with Crippen LogP contribution in [0.25, 0.3) is 0 Å². The largest absolute Gasteiger partial charge is 0.381 e. The lowest BCUT2D eigenvalue weighted by atomic mass is 9.83. The third kappa shape index (κ3) is 2.75. The fraction of sp³-hybridized carbons (Fsp3) is 0.533. The van der Waals surface area contributed by atoms with Crippen molar-refractivity contribution in [3.8, 4) is 0 Å². The lowest BCUT2D eigenvalue weighted by Crippen LogP contribution is -2.27. The number of ketones is 1. The van der Waals surface area contributed by atoms with Gasteiger partial charge in [-0.05, 0) is 43.0 Å². The van der Waals surface area contributed by atoms with Crippen LogP contribution < -0.4 is 0 Å². The third-order valence-corrected chi connectivity index (χ3v) is 3.38. The maximum Gasteiger partial charge on any atom is 0.171 e. The van der Waals surface area contributed by atoms with Crippen molar-refractivity contribution < 1.29 is 9.90 Å². The first kappa shape index (κ1) is 13.9. The highest BCUT2D eigenvalue weighted by atomic mass is 16.3. The van der Waals surface area contributed by atoms with Gasteiger partial charge in [-0.2, -0.15) is 0 Å². The molecule has 0 aliphatic carbocycles. The maximum atomic E-state index is 12.1. The standard InChI is InChI=1S/C15H22O2/c1-9-7-8-12(11(3)10(9)2)13(16)14(17)15(4,5)6/h7-8,13,16H,1-6H3. The van der Waals surface area contributed by atoms with Gasteiger partial charge in [-0.3, -0.25) is 4.79 Å². The minimum atomic E-state index is -1.02. The summed E-state index contributed by atoms with van der Waals surface area (Å²) in [4.78, 5) is 12.1. The minimum absolute atomic E-state index is 0.135. The van der Waals surface area contributed by atoms with Gasteiger partial charge in [0.1, 0.15) is 6.10 Å². The molecule has 1 N–H and O–H groups in total. The van der Waals surface area contributed by atoms with Crippen molar-refractivity contribution in [2.75, 3.05) is 0 Å². The average Bonchev–Trinajstić information content (AvgIpc) is 2.23. The summed E-state index contributed by atoms with van der Waals surface area (Å²) in [5.41, 5.74) is 3.54. The van der Waals surface area contributed by atoms with Gasteiger partial charge in [0.05, 0.1) is 0 Å². The van der Waals surface area contributed by atoms with Crippen LogP contribution in [-0.4, -0.2) is 10.9 Å². The molecule has 1 atom stereocenters. The SMILES string of the molecule is Cc1ccc(C(O)C(=O)C(C)(C)C)c(C)c1C. The zero-order chi connectivity index (χ0) is 13.4. The van der Waals surface area contributed by atoms with Crippen LogP contribution in [0.1, 0.15) is 49.1 Å². The van der Waals surface area contributed by atoms with E-state index in [0.29, 0.717) is 0 Å². The predicted octanol–water partition coefficient (Wildman–Crippen LogP) is 3.26. The third-order valence-electron chi connectivity index (χ3n) is 3.38. The van der Waals surface area contributed by atoms with E-state index in [1.54, 1.807) is 0 Å². The van der Waals surface area contributed by atoms with E-state index in [-0.39, 0.29) is 5.78 Å². The molecule has 0 bridgehead atoms. The van der Waals surface area contributed by atoms with Crippen molar-refractivity contribution >= 4 is 5.78 Å². The molecule has 0 saturated carbocycles. The summed E-state index contributed by atoms with van der Waals surface area (Å²) in [6.07, 6.45) is -1.02. The van der Waals surface area contributed by atoms with Crippen LogP contribution in [0.4, 0.5) is 0 Å². The Kier molecular flexibility index (Phi) is 3.78. The second-order valence-corrected chi connectivity index (χ2v) is 5.74. The van der Waals surface area contributed by atoms with Crippen LogP contribution in [0, 0.1) is 26.2 Å². The van der Waals surface area contributed by atoms with Gasteiger partial charge < -0.3 is 5.11 Å². The average molecular weight is 234 g/mol. The van der Waals surface area contributed by atoms with E-state index in [1.807, 2.05) is 53.7 Å². The molecule has 0 fully saturated rings. The Morgan fingerprint density at radius 1 is 1.12 bits per heavy atom. The summed E-state index contributed by atoms with van der Waals surface area (Å²) < 4.78 is 0. The van der Waals surface area contributed by atoms with E-state index >= 15 is 0 Å². The quantitative estimate of drug-likeness (QED) is 0.852. The van der Waals surface area contributed by atoms with Crippen molar-refractivity contribution in [3.05, 3.63) is 34.4 Å². The van der Waals surface area contributed by atoms with Crippen LogP contribution in [-0.2, 0) is 4.79 Å². The van der Waals surface area contributed by atoms with Gasteiger partial charge in [-0.1, -0.05) is 32.9 Å². The Morgan fingerprint density at radius 3 is 2.12 bits per heavy atom. The molecule has 0 radical (unpaired) electrons. The Hall–Kier alpha value is -1.15. The van der Waals surface area contributed by atoms with Crippen molar-refractivity contribution in [3.63, 3.8) is 0 Å². The molecule has 1 aromatic rings. The van der Waals surface area contributed by atoms with E-state index < -0.39 is 11.5 Å². The molecule has 0 aliphatic heterocycles. The highest BCUT2D eigenvalue weighted by molar-refractivity contribution is 5.89. The molecule has 0 amide bonds. The molecule has 2 nitrogen and oxygen atoms in total. The summed E-state index contributed by atoms with van der Waals surface area (Å²) >= 11 is 0. The summed E-state index contributed by atoms with van der Waals surface area (Å²) in [6.45, 7) is 11.5. The number of carbonyl (C=O) groups excluding carboxylic acids is 1. The molecule has 1 rings (SSSR count). The number of aliphatic hydroxyl groups excluding tert-OH is 1. The molecule has 0 aromatic heterocycles. The molecule has 1 aromatic carbocycles. The Balaban J connectivity index is 3.19. The van der Waals surface area contributed by atoms with E-state index in [4.69, 9.17) is 0 Å². The first-order valence-electron chi connectivity index (χ1n) is 5.95. The lowest BCUT2D eigenvalue weighted by molar-refractivity contribution is -0.135. The first-order chi connectivity index (χ1) is 7.66. The van der Waals surface area contributed by atoms with Crippen molar-refractivity contribution in [1.82, 2.24) is 0 Å². The zero-order valence-electron chi connectivity index (χ0n) is 11.6. The number of benzene rings is 1. The predicted molar refractivity (Wildman–Crippen MR) is 70.1 cm³/mol. The molecule has 0 aliphatic rings. The monoisotopic (exact) mass is 234 g/mol. The Labute approximate surface area is 104 Å². The number of carbonyl (C=O) groups is 1. The molecule has 1 unspecified atom stereocenters. The smallest absolute Gasteiger partial charge is 0.171 e. The van der Waals surface area contributed by atoms with Gasteiger partial charge in [0, 0.05) is 5.41 Å². The molecule has 0 heterocycles. The van der Waals surface area contributed by atoms with Crippen LogP contribution in [0.5, 0.6) is 0 Å². The molecule has 0 saturated heterocycles. The fourth-order valence-electron chi connectivity index (χ4n) is 1.82. The van der Waals surface area contributed by atoms with E-state index in [1.165, 1.54) is 5.56 Å².